The van der Waals surface area contributed by atoms with E-state index in [0.29, 0.717) is 12.1 Å². The molecule has 0 aliphatic rings. The lowest BCUT2D eigenvalue weighted by atomic mass is 10.1. The highest BCUT2D eigenvalue weighted by Crippen LogP contribution is 2.23. The molecule has 0 aliphatic carbocycles. The molecule has 0 aliphatic heterocycles. The summed E-state index contributed by atoms with van der Waals surface area (Å²) in [6.07, 6.45) is 0. The normalized spacial score (nSPS) is 12.2. The van der Waals surface area contributed by atoms with E-state index < -0.39 is 11.3 Å². The molecule has 0 aromatic heterocycles. The first-order valence-electron chi connectivity index (χ1n) is 6.18. The van der Waals surface area contributed by atoms with Crippen LogP contribution in [0.5, 0.6) is 0 Å². The van der Waals surface area contributed by atoms with Crippen molar-refractivity contribution in [3.63, 3.8) is 0 Å². The van der Waals surface area contributed by atoms with Gasteiger partial charge in [0.05, 0.1) is 6.54 Å². The molecule has 5 heteroatoms. The number of nitrogens with two attached hydrogens (primary N) is 1. The van der Waals surface area contributed by atoms with Crippen molar-refractivity contribution >= 4 is 23.4 Å². The second-order valence-electron chi connectivity index (χ2n) is 4.85. The third-order valence-electron chi connectivity index (χ3n) is 2.55. The minimum Gasteiger partial charge on any atom is -0.368 e. The number of carbonyl (C=O) groups is 2. The van der Waals surface area contributed by atoms with Crippen molar-refractivity contribution in [3.05, 3.63) is 35.9 Å². The highest BCUT2D eigenvalue weighted by molar-refractivity contribution is 6.30. The topological polar surface area (TPSA) is 63.4 Å². The quantitative estimate of drug-likeness (QED) is 0.811. The van der Waals surface area contributed by atoms with Gasteiger partial charge >= 0.3 is 0 Å². The molecule has 1 atom stereocenters. The van der Waals surface area contributed by atoms with Gasteiger partial charge in [0.1, 0.15) is 5.38 Å². The molecule has 19 heavy (non-hydrogen) atoms. The van der Waals surface area contributed by atoms with Crippen LogP contribution in [0.3, 0.4) is 0 Å². The van der Waals surface area contributed by atoms with Gasteiger partial charge in [0, 0.05) is 6.54 Å². The maximum Gasteiger partial charge on any atom is 0.245 e. The molecule has 1 unspecified atom stereocenters. The SMILES string of the molecule is CC(C)CN(CC(N)=O)C(=O)C(Cl)c1ccccc1. The Hall–Kier alpha value is -1.55. The summed E-state index contributed by atoms with van der Waals surface area (Å²) < 4.78 is 0. The first-order valence-corrected chi connectivity index (χ1v) is 6.61. The van der Waals surface area contributed by atoms with Gasteiger partial charge in [-0.1, -0.05) is 44.2 Å². The van der Waals surface area contributed by atoms with Crippen molar-refractivity contribution < 1.29 is 9.59 Å². The van der Waals surface area contributed by atoms with Crippen LogP contribution in [0.25, 0.3) is 0 Å². The third kappa shape index (κ3) is 4.91. The fourth-order valence-electron chi connectivity index (χ4n) is 1.79. The number of halogens is 1. The average molecular weight is 283 g/mol. The van der Waals surface area contributed by atoms with E-state index in [2.05, 4.69) is 0 Å². The second-order valence-corrected chi connectivity index (χ2v) is 5.29. The van der Waals surface area contributed by atoms with E-state index in [0.717, 1.165) is 0 Å². The number of benzene rings is 1. The van der Waals surface area contributed by atoms with Crippen LogP contribution in [0.2, 0.25) is 0 Å². The Kier molecular flexibility index (Phi) is 5.83. The van der Waals surface area contributed by atoms with Crippen molar-refractivity contribution in [2.45, 2.75) is 19.2 Å². The second kappa shape index (κ2) is 7.14. The maximum atomic E-state index is 12.3. The molecule has 0 saturated carbocycles. The molecular formula is C14H19ClN2O2. The van der Waals surface area contributed by atoms with Gasteiger partial charge < -0.3 is 10.6 Å². The molecule has 1 rings (SSSR count). The van der Waals surface area contributed by atoms with Gasteiger partial charge in [-0.15, -0.1) is 11.6 Å². The van der Waals surface area contributed by atoms with Crippen molar-refractivity contribution in [2.24, 2.45) is 11.7 Å². The minimum atomic E-state index is -0.792. The Bertz CT molecular complexity index is 434. The highest BCUT2D eigenvalue weighted by Gasteiger charge is 2.25. The smallest absolute Gasteiger partial charge is 0.245 e. The monoisotopic (exact) mass is 282 g/mol. The molecule has 0 bridgehead atoms. The van der Waals surface area contributed by atoms with E-state index in [1.54, 1.807) is 12.1 Å². The molecule has 0 saturated heterocycles. The zero-order chi connectivity index (χ0) is 14.4. The maximum absolute atomic E-state index is 12.3. The molecular weight excluding hydrogens is 264 g/mol. The molecule has 0 spiro atoms. The lowest BCUT2D eigenvalue weighted by Crippen LogP contribution is -2.42. The number of primary amides is 1. The fraction of sp³-hybridized carbons (Fsp3) is 0.429. The van der Waals surface area contributed by atoms with Gasteiger partial charge in [0.25, 0.3) is 0 Å². The third-order valence-corrected chi connectivity index (χ3v) is 2.99. The van der Waals surface area contributed by atoms with Gasteiger partial charge in [0.2, 0.25) is 11.8 Å². The van der Waals surface area contributed by atoms with Crippen LogP contribution >= 0.6 is 11.6 Å². The molecule has 1 aromatic carbocycles. The van der Waals surface area contributed by atoms with Crippen molar-refractivity contribution in [1.29, 1.82) is 0 Å². The van der Waals surface area contributed by atoms with Gasteiger partial charge in [0.15, 0.2) is 0 Å². The first-order chi connectivity index (χ1) is 8.91. The van der Waals surface area contributed by atoms with Gasteiger partial charge in [-0.3, -0.25) is 9.59 Å². The van der Waals surface area contributed by atoms with Crippen LogP contribution in [-0.2, 0) is 9.59 Å². The average Bonchev–Trinajstić information content (AvgIpc) is 2.36. The van der Waals surface area contributed by atoms with Crippen LogP contribution < -0.4 is 5.73 Å². The number of rotatable bonds is 6. The first kappa shape index (κ1) is 15.5. The molecule has 2 N–H and O–H groups in total. The van der Waals surface area contributed by atoms with Gasteiger partial charge in [-0.2, -0.15) is 0 Å². The molecule has 0 heterocycles. The molecule has 2 amide bonds. The lowest BCUT2D eigenvalue weighted by molar-refractivity contribution is -0.135. The fourth-order valence-corrected chi connectivity index (χ4v) is 2.07. The summed E-state index contributed by atoms with van der Waals surface area (Å²) in [6, 6.07) is 9.06. The predicted octanol–water partition coefficient (Wildman–Crippen LogP) is 1.94. The number of hydrogen-bond donors (Lipinski definition) is 1. The van der Waals surface area contributed by atoms with Gasteiger partial charge in [-0.25, -0.2) is 0 Å². The Balaban J connectivity index is 2.83. The number of alkyl halides is 1. The van der Waals surface area contributed by atoms with E-state index in [1.165, 1.54) is 4.90 Å². The summed E-state index contributed by atoms with van der Waals surface area (Å²) in [7, 11) is 0. The Morgan fingerprint density at radius 2 is 1.84 bits per heavy atom. The van der Waals surface area contributed by atoms with Crippen molar-refractivity contribution in [3.8, 4) is 0 Å². The number of hydrogen-bond acceptors (Lipinski definition) is 2. The summed E-state index contributed by atoms with van der Waals surface area (Å²) in [5.41, 5.74) is 5.88. The molecule has 104 valence electrons. The highest BCUT2D eigenvalue weighted by atomic mass is 35.5. The van der Waals surface area contributed by atoms with E-state index in [1.807, 2.05) is 32.0 Å². The van der Waals surface area contributed by atoms with Crippen LogP contribution in [0, 0.1) is 5.92 Å². The number of nitrogens with zero attached hydrogens (tertiary/aromatic N) is 1. The standard InChI is InChI=1S/C14H19ClN2O2/c1-10(2)8-17(9-12(16)18)14(19)13(15)11-6-4-3-5-7-11/h3-7,10,13H,8-9H2,1-2H3,(H2,16,18). The zero-order valence-electron chi connectivity index (χ0n) is 11.2. The van der Waals surface area contributed by atoms with Crippen molar-refractivity contribution in [2.75, 3.05) is 13.1 Å². The van der Waals surface area contributed by atoms with E-state index in [9.17, 15) is 9.59 Å². The largest absolute Gasteiger partial charge is 0.368 e. The van der Waals surface area contributed by atoms with E-state index in [4.69, 9.17) is 17.3 Å². The number of carbonyl (C=O) groups excluding carboxylic acids is 2. The Morgan fingerprint density at radius 1 is 1.26 bits per heavy atom. The Morgan fingerprint density at radius 3 is 2.32 bits per heavy atom. The van der Waals surface area contributed by atoms with Crippen LogP contribution in [-0.4, -0.2) is 29.8 Å². The van der Waals surface area contributed by atoms with Crippen LogP contribution in [0.15, 0.2) is 30.3 Å². The van der Waals surface area contributed by atoms with Gasteiger partial charge in [-0.05, 0) is 11.5 Å². The summed E-state index contributed by atoms with van der Waals surface area (Å²) >= 11 is 6.18. The predicted molar refractivity (Wildman–Crippen MR) is 75.6 cm³/mol. The summed E-state index contributed by atoms with van der Waals surface area (Å²) in [5, 5.41) is -0.792. The molecule has 0 radical (unpaired) electrons. The van der Waals surface area contributed by atoms with Crippen LogP contribution in [0.4, 0.5) is 0 Å². The summed E-state index contributed by atoms with van der Waals surface area (Å²) in [6.45, 7) is 4.28. The lowest BCUT2D eigenvalue weighted by Gasteiger charge is -2.25. The van der Waals surface area contributed by atoms with E-state index in [-0.39, 0.29) is 18.4 Å². The van der Waals surface area contributed by atoms with E-state index >= 15 is 0 Å². The minimum absolute atomic E-state index is 0.104. The van der Waals surface area contributed by atoms with Crippen LogP contribution in [0.1, 0.15) is 24.8 Å². The molecule has 4 nitrogen and oxygen atoms in total. The number of amides is 2. The molecule has 0 fully saturated rings. The summed E-state index contributed by atoms with van der Waals surface area (Å²) in [4.78, 5) is 24.8. The molecule has 1 aromatic rings. The summed E-state index contributed by atoms with van der Waals surface area (Å²) in [5.74, 6) is -0.589. The zero-order valence-corrected chi connectivity index (χ0v) is 11.9. The Labute approximate surface area is 118 Å². The van der Waals surface area contributed by atoms with Crippen molar-refractivity contribution in [1.82, 2.24) is 4.90 Å².